The van der Waals surface area contributed by atoms with Gasteiger partial charge >= 0.3 is 0 Å². The quantitative estimate of drug-likeness (QED) is 0.699. The minimum absolute atomic E-state index is 0.366. The Hall–Kier alpha value is -0.120. The van der Waals surface area contributed by atoms with Crippen molar-refractivity contribution in [2.75, 3.05) is 26.2 Å². The highest BCUT2D eigenvalue weighted by Crippen LogP contribution is 2.21. The largest absolute Gasteiger partial charge is 0.389 e. The van der Waals surface area contributed by atoms with Gasteiger partial charge in [0, 0.05) is 19.6 Å². The molecule has 0 spiro atoms. The van der Waals surface area contributed by atoms with E-state index in [2.05, 4.69) is 18.7 Å². The van der Waals surface area contributed by atoms with Crippen molar-refractivity contribution in [3.63, 3.8) is 0 Å². The van der Waals surface area contributed by atoms with E-state index in [9.17, 15) is 5.11 Å². The lowest BCUT2D eigenvalue weighted by molar-refractivity contribution is 0.0551. The van der Waals surface area contributed by atoms with Crippen LogP contribution in [0, 0.1) is 11.8 Å². The maximum Gasteiger partial charge on any atom is 0.0741 e. The number of piperidine rings is 1. The van der Waals surface area contributed by atoms with Crippen molar-refractivity contribution >= 4 is 0 Å². The third-order valence-corrected chi connectivity index (χ3v) is 3.82. The van der Waals surface area contributed by atoms with Gasteiger partial charge in [0.05, 0.1) is 5.60 Å². The number of nitrogens with two attached hydrogens (primary N) is 1. The van der Waals surface area contributed by atoms with Gasteiger partial charge in [-0.05, 0) is 51.0 Å². The lowest BCUT2D eigenvalue weighted by Crippen LogP contribution is -2.39. The van der Waals surface area contributed by atoms with Crippen LogP contribution in [0.3, 0.4) is 0 Å². The zero-order valence-electron chi connectivity index (χ0n) is 11.8. The normalized spacial score (nSPS) is 30.2. The summed E-state index contributed by atoms with van der Waals surface area (Å²) in [4.78, 5) is 2.58. The Bertz CT molecular complexity index is 208. The van der Waals surface area contributed by atoms with Crippen LogP contribution >= 0.6 is 0 Å². The Morgan fingerprint density at radius 2 is 1.82 bits per heavy atom. The average molecular weight is 242 g/mol. The third kappa shape index (κ3) is 5.84. The molecule has 1 aliphatic heterocycles. The SMILES string of the molecule is CC1CC(C)CN(CCCCC(C)(O)CN)C1. The summed E-state index contributed by atoms with van der Waals surface area (Å²) in [6, 6.07) is 0. The molecular weight excluding hydrogens is 212 g/mol. The summed E-state index contributed by atoms with van der Waals surface area (Å²) in [6.45, 7) is 10.6. The summed E-state index contributed by atoms with van der Waals surface area (Å²) >= 11 is 0. The monoisotopic (exact) mass is 242 g/mol. The number of unbranched alkanes of at least 4 members (excludes halogenated alkanes) is 1. The van der Waals surface area contributed by atoms with Crippen molar-refractivity contribution in [1.29, 1.82) is 0 Å². The number of likely N-dealkylation sites (tertiary alicyclic amines) is 1. The molecule has 1 heterocycles. The average Bonchev–Trinajstić information content (AvgIpc) is 2.23. The first-order valence-electron chi connectivity index (χ1n) is 7.08. The Labute approximate surface area is 106 Å². The number of hydrogen-bond donors (Lipinski definition) is 2. The van der Waals surface area contributed by atoms with E-state index in [-0.39, 0.29) is 0 Å². The van der Waals surface area contributed by atoms with E-state index in [1.54, 1.807) is 0 Å². The van der Waals surface area contributed by atoms with Crippen LogP contribution in [0.1, 0.15) is 46.5 Å². The molecule has 0 aromatic heterocycles. The molecule has 0 saturated carbocycles. The lowest BCUT2D eigenvalue weighted by Gasteiger charge is -2.35. The maximum absolute atomic E-state index is 9.81. The Balaban J connectivity index is 2.14. The minimum atomic E-state index is -0.664. The van der Waals surface area contributed by atoms with Crippen LogP contribution in [0.4, 0.5) is 0 Å². The predicted molar refractivity (Wildman–Crippen MR) is 72.9 cm³/mol. The molecule has 1 rings (SSSR count). The van der Waals surface area contributed by atoms with Crippen LogP contribution in [0.25, 0.3) is 0 Å². The second kappa shape index (κ2) is 6.72. The van der Waals surface area contributed by atoms with Crippen LogP contribution < -0.4 is 5.73 Å². The second-order valence-electron chi connectivity index (χ2n) is 6.36. The van der Waals surface area contributed by atoms with Gasteiger partial charge in [-0.2, -0.15) is 0 Å². The Kier molecular flexibility index (Phi) is 5.90. The van der Waals surface area contributed by atoms with Crippen LogP contribution in [0.5, 0.6) is 0 Å². The van der Waals surface area contributed by atoms with E-state index in [1.165, 1.54) is 32.5 Å². The second-order valence-corrected chi connectivity index (χ2v) is 6.36. The van der Waals surface area contributed by atoms with Crippen LogP contribution in [0.15, 0.2) is 0 Å². The van der Waals surface area contributed by atoms with Gasteiger partial charge in [-0.15, -0.1) is 0 Å². The Morgan fingerprint density at radius 1 is 1.24 bits per heavy atom. The Morgan fingerprint density at radius 3 is 2.35 bits per heavy atom. The number of aliphatic hydroxyl groups is 1. The predicted octanol–water partition coefficient (Wildman–Crippen LogP) is 1.84. The minimum Gasteiger partial charge on any atom is -0.389 e. The zero-order chi connectivity index (χ0) is 12.9. The molecule has 3 nitrogen and oxygen atoms in total. The zero-order valence-corrected chi connectivity index (χ0v) is 11.8. The van der Waals surface area contributed by atoms with Gasteiger partial charge in [-0.25, -0.2) is 0 Å². The van der Waals surface area contributed by atoms with Gasteiger partial charge in [-0.3, -0.25) is 0 Å². The summed E-state index contributed by atoms with van der Waals surface area (Å²) < 4.78 is 0. The first kappa shape index (κ1) is 14.9. The van der Waals surface area contributed by atoms with Gasteiger partial charge in [0.15, 0.2) is 0 Å². The van der Waals surface area contributed by atoms with E-state index in [0.29, 0.717) is 6.54 Å². The molecule has 3 N–H and O–H groups in total. The van der Waals surface area contributed by atoms with Gasteiger partial charge in [-0.1, -0.05) is 13.8 Å². The van der Waals surface area contributed by atoms with Crippen molar-refractivity contribution in [1.82, 2.24) is 4.90 Å². The first-order valence-corrected chi connectivity index (χ1v) is 7.08. The molecule has 0 aliphatic carbocycles. The van der Waals surface area contributed by atoms with Gasteiger partial charge in [0.25, 0.3) is 0 Å². The molecule has 1 saturated heterocycles. The highest BCUT2D eigenvalue weighted by atomic mass is 16.3. The topological polar surface area (TPSA) is 49.5 Å². The van der Waals surface area contributed by atoms with Crippen LogP contribution in [0.2, 0.25) is 0 Å². The molecule has 3 heteroatoms. The molecule has 0 aromatic carbocycles. The molecule has 0 bridgehead atoms. The van der Waals surface area contributed by atoms with Crippen molar-refractivity contribution in [3.05, 3.63) is 0 Å². The van der Waals surface area contributed by atoms with E-state index < -0.39 is 5.60 Å². The standard InChI is InChI=1S/C14H30N2O/c1-12-8-13(2)10-16(9-12)7-5-4-6-14(3,17)11-15/h12-13,17H,4-11,15H2,1-3H3. The fourth-order valence-electron chi connectivity index (χ4n) is 2.92. The number of rotatable bonds is 6. The highest BCUT2D eigenvalue weighted by Gasteiger charge is 2.22. The molecule has 1 fully saturated rings. The molecule has 17 heavy (non-hydrogen) atoms. The molecule has 3 unspecified atom stereocenters. The molecule has 0 amide bonds. The molecule has 1 aliphatic rings. The fourth-order valence-corrected chi connectivity index (χ4v) is 2.92. The van der Waals surface area contributed by atoms with Gasteiger partial charge in [0.1, 0.15) is 0 Å². The number of nitrogens with zero attached hydrogens (tertiary/aromatic N) is 1. The summed E-state index contributed by atoms with van der Waals surface area (Å²) in [5, 5.41) is 9.81. The van der Waals surface area contributed by atoms with E-state index in [1.807, 2.05) is 6.92 Å². The van der Waals surface area contributed by atoms with E-state index >= 15 is 0 Å². The van der Waals surface area contributed by atoms with E-state index in [4.69, 9.17) is 5.73 Å². The van der Waals surface area contributed by atoms with Crippen molar-refractivity contribution in [2.24, 2.45) is 17.6 Å². The maximum atomic E-state index is 9.81. The number of hydrogen-bond acceptors (Lipinski definition) is 3. The lowest BCUT2D eigenvalue weighted by atomic mass is 9.91. The van der Waals surface area contributed by atoms with Crippen molar-refractivity contribution in [3.8, 4) is 0 Å². The fraction of sp³-hybridized carbons (Fsp3) is 1.00. The van der Waals surface area contributed by atoms with Gasteiger partial charge < -0.3 is 15.7 Å². The van der Waals surface area contributed by atoms with Gasteiger partial charge in [0.2, 0.25) is 0 Å². The van der Waals surface area contributed by atoms with Crippen molar-refractivity contribution in [2.45, 2.75) is 52.1 Å². The molecule has 0 radical (unpaired) electrons. The third-order valence-electron chi connectivity index (χ3n) is 3.82. The summed E-state index contributed by atoms with van der Waals surface area (Å²) in [5.41, 5.74) is 4.84. The molecule has 102 valence electrons. The molecule has 3 atom stereocenters. The van der Waals surface area contributed by atoms with Crippen LogP contribution in [-0.2, 0) is 0 Å². The van der Waals surface area contributed by atoms with Crippen LogP contribution in [-0.4, -0.2) is 41.8 Å². The first-order chi connectivity index (χ1) is 7.93. The van der Waals surface area contributed by atoms with E-state index in [0.717, 1.165) is 24.7 Å². The van der Waals surface area contributed by atoms with Crippen molar-refractivity contribution < 1.29 is 5.11 Å². The smallest absolute Gasteiger partial charge is 0.0741 e. The summed E-state index contributed by atoms with van der Waals surface area (Å²) in [7, 11) is 0. The summed E-state index contributed by atoms with van der Waals surface area (Å²) in [6.07, 6.45) is 4.44. The summed E-state index contributed by atoms with van der Waals surface area (Å²) in [5.74, 6) is 1.68. The highest BCUT2D eigenvalue weighted by molar-refractivity contribution is 4.76. The molecular formula is C14H30N2O. The molecule has 0 aromatic rings.